The molecule has 10 heteroatoms. The maximum atomic E-state index is 13.3. The Morgan fingerprint density at radius 2 is 1.73 bits per heavy atom. The van der Waals surface area contributed by atoms with Gasteiger partial charge in [0.1, 0.15) is 11.8 Å². The lowest BCUT2D eigenvalue weighted by Crippen LogP contribution is -2.48. The molecule has 4 unspecified atom stereocenters. The summed E-state index contributed by atoms with van der Waals surface area (Å²) in [6, 6.07) is 1.12. The van der Waals surface area contributed by atoms with Gasteiger partial charge in [0.05, 0.1) is 6.07 Å². The first-order chi connectivity index (χ1) is 17.0. The van der Waals surface area contributed by atoms with Gasteiger partial charge in [-0.05, 0) is 62.2 Å². The summed E-state index contributed by atoms with van der Waals surface area (Å²) in [6.07, 6.45) is -0.646. The third kappa shape index (κ3) is 7.78. The Labute approximate surface area is 216 Å². The molecule has 3 fully saturated rings. The van der Waals surface area contributed by atoms with Crippen LogP contribution in [0.3, 0.4) is 0 Å². The maximum absolute atomic E-state index is 13.3. The molecule has 1 spiro atoms. The van der Waals surface area contributed by atoms with Gasteiger partial charge in [0, 0.05) is 36.1 Å². The van der Waals surface area contributed by atoms with Crippen LogP contribution in [0.4, 0.5) is 13.2 Å². The number of alkyl halides is 3. The quantitative estimate of drug-likeness (QED) is 0.415. The van der Waals surface area contributed by atoms with Crippen molar-refractivity contribution in [1.82, 2.24) is 10.6 Å². The summed E-state index contributed by atoms with van der Waals surface area (Å²) >= 11 is 0. The van der Waals surface area contributed by atoms with Crippen LogP contribution in [0.1, 0.15) is 91.9 Å². The van der Waals surface area contributed by atoms with E-state index < -0.39 is 59.3 Å². The topological polar surface area (TPSA) is 116 Å². The highest BCUT2D eigenvalue weighted by Crippen LogP contribution is 2.51. The molecule has 37 heavy (non-hydrogen) atoms. The van der Waals surface area contributed by atoms with Crippen LogP contribution in [0, 0.1) is 39.9 Å². The summed E-state index contributed by atoms with van der Waals surface area (Å²) in [5.74, 6) is -5.58. The molecule has 2 saturated carbocycles. The zero-order valence-corrected chi connectivity index (χ0v) is 22.1. The molecule has 1 heterocycles. The van der Waals surface area contributed by atoms with Crippen molar-refractivity contribution in [1.29, 1.82) is 5.26 Å². The molecule has 3 rings (SSSR count). The van der Waals surface area contributed by atoms with E-state index in [0.29, 0.717) is 12.8 Å². The first kappa shape index (κ1) is 29.1. The Morgan fingerprint density at radius 3 is 2.19 bits per heavy atom. The smallest absolute Gasteiger partial charge is 0.350 e. The number of halogens is 3. The summed E-state index contributed by atoms with van der Waals surface area (Å²) in [7, 11) is 0. The molecule has 206 valence electrons. The van der Waals surface area contributed by atoms with Gasteiger partial charge in [0.15, 0.2) is 0 Å². The number of hydrogen-bond acceptors (Lipinski definition) is 5. The summed E-state index contributed by atoms with van der Waals surface area (Å²) in [4.78, 5) is 50.7. The first-order valence-corrected chi connectivity index (χ1v) is 13.1. The molecule has 2 amide bonds. The summed E-state index contributed by atoms with van der Waals surface area (Å²) in [6.45, 7) is 6.78. The Morgan fingerprint density at radius 1 is 1.11 bits per heavy atom. The zero-order valence-electron chi connectivity index (χ0n) is 22.1. The second kappa shape index (κ2) is 10.4. The maximum Gasteiger partial charge on any atom is 0.449 e. The van der Waals surface area contributed by atoms with Crippen molar-refractivity contribution in [2.24, 2.45) is 28.6 Å². The molecule has 0 aromatic rings. The van der Waals surface area contributed by atoms with Crippen molar-refractivity contribution in [3.05, 3.63) is 0 Å². The van der Waals surface area contributed by atoms with Crippen LogP contribution in [0.15, 0.2) is 0 Å². The number of Topliss-reactive ketones (excluding diaryl/α,β-unsaturated/α-hetero) is 2. The second-order valence-electron chi connectivity index (χ2n) is 12.9. The Hall–Kier alpha value is -2.44. The van der Waals surface area contributed by atoms with E-state index in [1.54, 1.807) is 20.8 Å². The number of nitriles is 1. The van der Waals surface area contributed by atoms with Crippen LogP contribution < -0.4 is 10.6 Å². The summed E-state index contributed by atoms with van der Waals surface area (Å²) in [5, 5.41) is 15.4. The van der Waals surface area contributed by atoms with E-state index in [0.717, 1.165) is 32.1 Å². The fourth-order valence-corrected chi connectivity index (χ4v) is 5.34. The number of piperidine rings is 1. The van der Waals surface area contributed by atoms with E-state index >= 15 is 0 Å². The largest absolute Gasteiger partial charge is 0.449 e. The van der Waals surface area contributed by atoms with Crippen LogP contribution in [0.5, 0.6) is 0 Å². The Balaban J connectivity index is 1.68. The van der Waals surface area contributed by atoms with Gasteiger partial charge in [-0.1, -0.05) is 27.7 Å². The molecule has 2 aliphatic carbocycles. The summed E-state index contributed by atoms with van der Waals surface area (Å²) < 4.78 is 38.8. The Bertz CT molecular complexity index is 971. The predicted molar refractivity (Wildman–Crippen MR) is 129 cm³/mol. The average Bonchev–Trinajstić information content (AvgIpc) is 3.70. The molecule has 1 saturated heterocycles. The third-order valence-corrected chi connectivity index (χ3v) is 8.38. The summed E-state index contributed by atoms with van der Waals surface area (Å²) in [5.41, 5.74) is -1.14. The molecule has 0 radical (unpaired) electrons. The molecule has 3 aliphatic rings. The van der Waals surface area contributed by atoms with E-state index in [1.807, 2.05) is 13.0 Å². The minimum atomic E-state index is -5.04. The molecule has 2 N–H and O–H groups in total. The van der Waals surface area contributed by atoms with E-state index in [9.17, 15) is 37.6 Å². The minimum absolute atomic E-state index is 0.0821. The predicted octanol–water partition coefficient (Wildman–Crippen LogP) is 4.39. The van der Waals surface area contributed by atoms with Gasteiger partial charge in [-0.15, -0.1) is 0 Å². The number of nitrogens with one attached hydrogen (secondary N) is 2. The number of nitrogens with zero attached hydrogens (tertiary/aromatic N) is 1. The van der Waals surface area contributed by atoms with Gasteiger partial charge in [0.2, 0.25) is 17.6 Å². The average molecular weight is 526 g/mol. The van der Waals surface area contributed by atoms with Crippen LogP contribution >= 0.6 is 0 Å². The normalized spacial score (nSPS) is 24.3. The van der Waals surface area contributed by atoms with E-state index in [2.05, 4.69) is 10.6 Å². The van der Waals surface area contributed by atoms with Crippen LogP contribution in [-0.4, -0.2) is 41.1 Å². The van der Waals surface area contributed by atoms with Gasteiger partial charge in [-0.2, -0.15) is 18.4 Å². The van der Waals surface area contributed by atoms with Gasteiger partial charge in [-0.3, -0.25) is 19.2 Å². The van der Waals surface area contributed by atoms with Crippen LogP contribution in [-0.2, 0) is 19.2 Å². The molecule has 7 nitrogen and oxygen atoms in total. The van der Waals surface area contributed by atoms with Gasteiger partial charge >= 0.3 is 6.18 Å². The lowest BCUT2D eigenvalue weighted by Gasteiger charge is -2.32. The highest BCUT2D eigenvalue weighted by Gasteiger charge is 2.49. The number of ketones is 2. The van der Waals surface area contributed by atoms with Crippen molar-refractivity contribution in [2.45, 2.75) is 110 Å². The van der Waals surface area contributed by atoms with Crippen molar-refractivity contribution >= 4 is 23.4 Å². The molecule has 0 aromatic carbocycles. The molecule has 0 aromatic heterocycles. The monoisotopic (exact) mass is 525 g/mol. The van der Waals surface area contributed by atoms with E-state index in [4.69, 9.17) is 0 Å². The number of rotatable bonds is 11. The standard InChI is InChI=1S/C27H38F3N3O4/c1-24(2,3)19(13-21(35)27(28,29)30)20(34)12-17(14-25(4)7-8-25)22(36)32-18(15-31)11-16-5-6-26(9-10-26)33-23(16)37/h16-19H,5-14H2,1-4H3,(H,32,36)(H,33,37). The highest BCUT2D eigenvalue weighted by atomic mass is 19.4. The van der Waals surface area contributed by atoms with Crippen molar-refractivity contribution in [2.75, 3.05) is 0 Å². The van der Waals surface area contributed by atoms with E-state index in [-0.39, 0.29) is 29.7 Å². The minimum Gasteiger partial charge on any atom is -0.350 e. The fourth-order valence-electron chi connectivity index (χ4n) is 5.34. The second-order valence-corrected chi connectivity index (χ2v) is 12.9. The van der Waals surface area contributed by atoms with Crippen molar-refractivity contribution < 1.29 is 32.3 Å². The van der Waals surface area contributed by atoms with Gasteiger partial charge in [0.25, 0.3) is 0 Å². The third-order valence-electron chi connectivity index (χ3n) is 8.38. The Kier molecular flexibility index (Phi) is 8.17. The van der Waals surface area contributed by atoms with Crippen LogP contribution in [0.25, 0.3) is 0 Å². The van der Waals surface area contributed by atoms with Crippen LogP contribution in [0.2, 0.25) is 0 Å². The fraction of sp³-hybridized carbons (Fsp3) is 0.815. The first-order valence-electron chi connectivity index (χ1n) is 13.1. The number of carbonyl (C=O) groups excluding carboxylic acids is 4. The SMILES string of the molecule is CC1(CC(CC(=O)C(CC(=O)C(F)(F)F)C(C)(C)C)C(=O)NC(C#N)CC2CCC3(CC3)NC2=O)CC1. The molecular weight excluding hydrogens is 487 g/mol. The number of hydrogen-bond donors (Lipinski definition) is 2. The lowest BCUT2D eigenvalue weighted by atomic mass is 9.72. The zero-order chi connectivity index (χ0) is 27.8. The van der Waals surface area contributed by atoms with Crippen molar-refractivity contribution in [3.63, 3.8) is 0 Å². The number of carbonyl (C=O) groups is 4. The van der Waals surface area contributed by atoms with Gasteiger partial charge in [-0.25, -0.2) is 0 Å². The highest BCUT2D eigenvalue weighted by molar-refractivity contribution is 5.93. The molecule has 0 bridgehead atoms. The van der Waals surface area contributed by atoms with Crippen molar-refractivity contribution in [3.8, 4) is 6.07 Å². The van der Waals surface area contributed by atoms with E-state index in [1.165, 1.54) is 0 Å². The lowest BCUT2D eigenvalue weighted by molar-refractivity contribution is -0.173. The van der Waals surface area contributed by atoms with Gasteiger partial charge < -0.3 is 10.6 Å². The molecular formula is C27H38F3N3O4. The molecule has 1 aliphatic heterocycles. The number of amides is 2. The molecule has 4 atom stereocenters.